The molecule has 0 heterocycles. The van der Waals surface area contributed by atoms with Crippen molar-refractivity contribution in [1.82, 2.24) is 5.32 Å². The summed E-state index contributed by atoms with van der Waals surface area (Å²) >= 11 is 0. The van der Waals surface area contributed by atoms with Gasteiger partial charge < -0.3 is 10.1 Å². The lowest BCUT2D eigenvalue weighted by Crippen LogP contribution is -2.47. The molecule has 1 N–H and O–H groups in total. The molecule has 0 aromatic carbocycles. The van der Waals surface area contributed by atoms with Gasteiger partial charge in [-0.2, -0.15) is 0 Å². The fraction of sp³-hybridized carbons (Fsp3) is 0.929. The quantitative estimate of drug-likeness (QED) is 0.754. The predicted molar refractivity (Wildman–Crippen MR) is 72.0 cm³/mol. The minimum atomic E-state index is -0.448. The molecule has 0 rings (SSSR count). The number of hydrogen-bond donors (Lipinski definition) is 1. The Morgan fingerprint density at radius 2 is 1.53 bits per heavy atom. The van der Waals surface area contributed by atoms with Crippen molar-refractivity contribution in [2.45, 2.75) is 73.0 Å². The van der Waals surface area contributed by atoms with Gasteiger partial charge in [-0.3, -0.25) is 4.79 Å². The van der Waals surface area contributed by atoms with E-state index < -0.39 is 11.0 Å². The Balaban J connectivity index is 4.54. The van der Waals surface area contributed by atoms with Gasteiger partial charge in [0.1, 0.15) is 5.60 Å². The highest BCUT2D eigenvalue weighted by molar-refractivity contribution is 5.75. The highest BCUT2D eigenvalue weighted by Crippen LogP contribution is 2.27. The van der Waals surface area contributed by atoms with Gasteiger partial charge in [-0.25, -0.2) is 0 Å². The summed E-state index contributed by atoms with van der Waals surface area (Å²) in [7, 11) is 0. The van der Waals surface area contributed by atoms with E-state index >= 15 is 0 Å². The van der Waals surface area contributed by atoms with Crippen LogP contribution in [0.2, 0.25) is 0 Å². The van der Waals surface area contributed by atoms with Crippen LogP contribution in [0.25, 0.3) is 0 Å². The summed E-state index contributed by atoms with van der Waals surface area (Å²) in [6.07, 6.45) is 0.787. The van der Waals surface area contributed by atoms with Gasteiger partial charge in [0.2, 0.25) is 0 Å². The van der Waals surface area contributed by atoms with Crippen LogP contribution < -0.4 is 5.32 Å². The van der Waals surface area contributed by atoms with Crippen LogP contribution in [0.1, 0.15) is 61.8 Å². The summed E-state index contributed by atoms with van der Waals surface area (Å²) in [5.74, 6) is -0.144. The second-order valence-electron chi connectivity index (χ2n) is 6.99. The van der Waals surface area contributed by atoms with Crippen LogP contribution in [-0.4, -0.2) is 23.7 Å². The van der Waals surface area contributed by atoms with Gasteiger partial charge in [0.25, 0.3) is 0 Å². The Labute approximate surface area is 106 Å². The molecule has 0 atom stereocenters. The van der Waals surface area contributed by atoms with Gasteiger partial charge in [0.15, 0.2) is 0 Å². The van der Waals surface area contributed by atoms with Crippen LogP contribution >= 0.6 is 0 Å². The number of nitrogens with one attached hydrogen (secondary N) is 1. The second-order valence-corrected chi connectivity index (χ2v) is 6.99. The summed E-state index contributed by atoms with van der Waals surface area (Å²) in [6, 6.07) is 0. The largest absolute Gasteiger partial charge is 0.459 e. The first-order valence-electron chi connectivity index (χ1n) is 6.38. The maximum absolute atomic E-state index is 11.9. The minimum absolute atomic E-state index is 0.0313. The average molecular weight is 243 g/mol. The second kappa shape index (κ2) is 5.38. The zero-order chi connectivity index (χ0) is 13.9. The number of rotatable bonds is 5. The summed E-state index contributed by atoms with van der Waals surface area (Å²) in [5, 5.41) is 3.40. The van der Waals surface area contributed by atoms with Crippen LogP contribution in [0.4, 0.5) is 0 Å². The Morgan fingerprint density at radius 3 is 1.88 bits per heavy atom. The normalized spacial score (nSPS) is 13.6. The number of hydrogen-bond acceptors (Lipinski definition) is 3. The van der Waals surface area contributed by atoms with Crippen molar-refractivity contribution in [2.75, 3.05) is 6.54 Å². The molecule has 0 aliphatic rings. The van der Waals surface area contributed by atoms with Crippen molar-refractivity contribution in [3.63, 3.8) is 0 Å². The van der Waals surface area contributed by atoms with E-state index in [0.717, 1.165) is 13.0 Å². The highest BCUT2D eigenvalue weighted by atomic mass is 16.6. The molecular weight excluding hydrogens is 214 g/mol. The van der Waals surface area contributed by atoms with E-state index in [1.54, 1.807) is 0 Å². The van der Waals surface area contributed by atoms with E-state index in [1.165, 1.54) is 0 Å². The average Bonchev–Trinajstić information content (AvgIpc) is 1.97. The molecule has 0 aliphatic carbocycles. The highest BCUT2D eigenvalue weighted by Gasteiger charge is 2.34. The molecule has 0 fully saturated rings. The predicted octanol–water partition coefficient (Wildman–Crippen LogP) is 3.13. The van der Waals surface area contributed by atoms with Gasteiger partial charge in [-0.1, -0.05) is 6.92 Å². The van der Waals surface area contributed by atoms with E-state index in [4.69, 9.17) is 4.74 Å². The maximum Gasteiger partial charge on any atom is 0.311 e. The number of carbonyl (C=O) groups is 1. The molecule has 0 spiro atoms. The van der Waals surface area contributed by atoms with E-state index in [2.05, 4.69) is 26.1 Å². The summed E-state index contributed by atoms with van der Waals surface area (Å²) in [4.78, 5) is 11.9. The fourth-order valence-electron chi connectivity index (χ4n) is 2.05. The molecule has 102 valence electrons. The molecule has 0 saturated carbocycles. The number of esters is 1. The Hall–Kier alpha value is -0.570. The third-order valence-corrected chi connectivity index (χ3v) is 2.50. The van der Waals surface area contributed by atoms with Crippen LogP contribution in [0.15, 0.2) is 0 Å². The monoisotopic (exact) mass is 243 g/mol. The van der Waals surface area contributed by atoms with Gasteiger partial charge in [-0.05, 0) is 55.0 Å². The first kappa shape index (κ1) is 16.4. The molecule has 0 aromatic heterocycles. The van der Waals surface area contributed by atoms with Crippen LogP contribution in [0.3, 0.4) is 0 Å². The minimum Gasteiger partial charge on any atom is -0.459 e. The van der Waals surface area contributed by atoms with Crippen molar-refractivity contribution in [2.24, 2.45) is 5.41 Å². The third kappa shape index (κ3) is 6.67. The molecule has 0 saturated heterocycles. The summed E-state index contributed by atoms with van der Waals surface area (Å²) < 4.78 is 5.61. The van der Waals surface area contributed by atoms with E-state index in [9.17, 15) is 4.79 Å². The molecule has 0 unspecified atom stereocenters. The molecule has 3 heteroatoms. The van der Waals surface area contributed by atoms with Crippen molar-refractivity contribution in [3.8, 4) is 0 Å². The van der Waals surface area contributed by atoms with E-state index in [1.807, 2.05) is 34.6 Å². The van der Waals surface area contributed by atoms with Crippen LogP contribution in [0, 0.1) is 5.41 Å². The fourth-order valence-corrected chi connectivity index (χ4v) is 2.05. The zero-order valence-corrected chi connectivity index (χ0v) is 12.7. The topological polar surface area (TPSA) is 38.3 Å². The van der Waals surface area contributed by atoms with Crippen LogP contribution in [-0.2, 0) is 9.53 Å². The molecular formula is C14H29NO2. The smallest absolute Gasteiger partial charge is 0.311 e. The van der Waals surface area contributed by atoms with Gasteiger partial charge in [0, 0.05) is 12.0 Å². The lowest BCUT2D eigenvalue weighted by atomic mass is 9.88. The van der Waals surface area contributed by atoms with Crippen molar-refractivity contribution >= 4 is 5.97 Å². The lowest BCUT2D eigenvalue weighted by molar-refractivity contribution is -0.168. The molecule has 17 heavy (non-hydrogen) atoms. The molecule has 0 aliphatic heterocycles. The van der Waals surface area contributed by atoms with Gasteiger partial charge in [0.05, 0.1) is 5.41 Å². The van der Waals surface area contributed by atoms with E-state index in [-0.39, 0.29) is 11.5 Å². The number of ether oxygens (including phenoxy) is 1. The molecule has 0 amide bonds. The van der Waals surface area contributed by atoms with Crippen molar-refractivity contribution in [3.05, 3.63) is 0 Å². The SMILES string of the molecule is CCNC(C)(C)CC(C)(C)OC(=O)C(C)(C)C. The lowest BCUT2D eigenvalue weighted by Gasteiger charge is -2.36. The Morgan fingerprint density at radius 1 is 1.06 bits per heavy atom. The first-order chi connectivity index (χ1) is 7.40. The molecule has 3 nitrogen and oxygen atoms in total. The molecule has 0 bridgehead atoms. The first-order valence-corrected chi connectivity index (χ1v) is 6.38. The van der Waals surface area contributed by atoms with E-state index in [0.29, 0.717) is 0 Å². The third-order valence-electron chi connectivity index (χ3n) is 2.50. The summed E-state index contributed by atoms with van der Waals surface area (Å²) in [5.41, 5.74) is -0.925. The molecule has 0 radical (unpaired) electrons. The number of carbonyl (C=O) groups excluding carboxylic acids is 1. The van der Waals surface area contributed by atoms with Gasteiger partial charge >= 0.3 is 5.97 Å². The van der Waals surface area contributed by atoms with Crippen LogP contribution in [0.5, 0.6) is 0 Å². The summed E-state index contributed by atoms with van der Waals surface area (Å²) in [6.45, 7) is 16.8. The van der Waals surface area contributed by atoms with Gasteiger partial charge in [-0.15, -0.1) is 0 Å². The Kier molecular flexibility index (Phi) is 5.20. The zero-order valence-electron chi connectivity index (χ0n) is 12.7. The van der Waals surface area contributed by atoms with Crippen molar-refractivity contribution < 1.29 is 9.53 Å². The van der Waals surface area contributed by atoms with Crippen molar-refractivity contribution in [1.29, 1.82) is 0 Å². The standard InChI is InChI=1S/C14H29NO2/c1-9-15-13(5,6)10-14(7,8)17-11(16)12(2,3)4/h15H,9-10H2,1-8H3. The molecule has 0 aromatic rings. The Bertz CT molecular complexity index is 262. The maximum atomic E-state index is 11.9.